The molecule has 110 valence electrons. The van der Waals surface area contributed by atoms with Crippen LogP contribution in [0.25, 0.3) is 0 Å². The highest BCUT2D eigenvalue weighted by molar-refractivity contribution is 6.17. The Morgan fingerprint density at radius 1 is 1.40 bits per heavy atom. The zero-order chi connectivity index (χ0) is 14.7. The van der Waals surface area contributed by atoms with E-state index in [1.807, 2.05) is 13.8 Å². The van der Waals surface area contributed by atoms with Crippen LogP contribution in [0.1, 0.15) is 47.0 Å². The Bertz CT molecular complexity index is 528. The highest BCUT2D eigenvalue weighted by Gasteiger charge is 2.68. The fourth-order valence-electron chi connectivity index (χ4n) is 4.36. The van der Waals surface area contributed by atoms with Crippen LogP contribution in [0.2, 0.25) is 0 Å². The molecule has 1 aliphatic heterocycles. The van der Waals surface area contributed by atoms with Crippen molar-refractivity contribution in [3.63, 3.8) is 0 Å². The Morgan fingerprint density at radius 3 is 2.70 bits per heavy atom. The Labute approximate surface area is 120 Å². The van der Waals surface area contributed by atoms with Crippen LogP contribution in [-0.2, 0) is 14.4 Å². The lowest BCUT2D eigenvalue weighted by Crippen LogP contribution is -2.62. The minimum absolute atomic E-state index is 0.0250. The molecule has 0 N–H and O–H groups in total. The number of allylic oxidation sites excluding steroid dienone is 2. The lowest BCUT2D eigenvalue weighted by atomic mass is 9.47. The van der Waals surface area contributed by atoms with Gasteiger partial charge < -0.3 is 9.57 Å². The van der Waals surface area contributed by atoms with Gasteiger partial charge in [0.05, 0.1) is 11.8 Å². The maximum Gasteiger partial charge on any atom is 0.158 e. The summed E-state index contributed by atoms with van der Waals surface area (Å²) >= 11 is 0. The number of methoxy groups -OCH3 is 1. The Morgan fingerprint density at radius 2 is 2.10 bits per heavy atom. The molecule has 0 aromatic carbocycles. The van der Waals surface area contributed by atoms with Gasteiger partial charge in [-0.2, -0.15) is 0 Å². The Balaban J connectivity index is 2.23. The molecule has 0 radical (unpaired) electrons. The third kappa shape index (κ3) is 1.40. The summed E-state index contributed by atoms with van der Waals surface area (Å²) in [5.74, 6) is 0.990. The summed E-state index contributed by atoms with van der Waals surface area (Å²) in [6, 6.07) is 0. The van der Waals surface area contributed by atoms with Crippen molar-refractivity contribution in [2.24, 2.45) is 21.9 Å². The third-order valence-electron chi connectivity index (χ3n) is 5.42. The second kappa shape index (κ2) is 4.17. The van der Waals surface area contributed by atoms with Crippen LogP contribution in [0.3, 0.4) is 0 Å². The summed E-state index contributed by atoms with van der Waals surface area (Å²) in [6.45, 7) is 8.33. The molecule has 3 rings (SSSR count). The summed E-state index contributed by atoms with van der Waals surface area (Å²) in [5.41, 5.74) is 1.11. The van der Waals surface area contributed by atoms with E-state index in [0.717, 1.165) is 29.9 Å². The number of oxime groups is 1. The summed E-state index contributed by atoms with van der Waals surface area (Å²) in [6.07, 6.45) is 2.54. The first-order valence-electron chi connectivity index (χ1n) is 7.35. The van der Waals surface area contributed by atoms with Crippen LogP contribution in [0.5, 0.6) is 0 Å². The number of hydrogen-bond donors (Lipinski definition) is 0. The number of carbonyl (C=O) groups is 1. The topological polar surface area (TPSA) is 47.9 Å². The molecule has 20 heavy (non-hydrogen) atoms. The first-order chi connectivity index (χ1) is 9.36. The molecule has 4 nitrogen and oxygen atoms in total. The van der Waals surface area contributed by atoms with Gasteiger partial charge in [-0.05, 0) is 37.7 Å². The van der Waals surface area contributed by atoms with Gasteiger partial charge in [-0.15, -0.1) is 0 Å². The van der Waals surface area contributed by atoms with Crippen molar-refractivity contribution in [1.82, 2.24) is 0 Å². The van der Waals surface area contributed by atoms with Crippen LogP contribution >= 0.6 is 0 Å². The normalized spacial score (nSPS) is 38.1. The van der Waals surface area contributed by atoms with Gasteiger partial charge in [0, 0.05) is 19.4 Å². The largest absolute Gasteiger partial charge is 0.380 e. The van der Waals surface area contributed by atoms with Crippen molar-refractivity contribution in [2.45, 2.75) is 53.1 Å². The Kier molecular flexibility index (Phi) is 2.88. The molecule has 2 saturated carbocycles. The van der Waals surface area contributed by atoms with Gasteiger partial charge in [-0.3, -0.25) is 4.79 Å². The average Bonchev–Trinajstić information content (AvgIpc) is 2.76. The van der Waals surface area contributed by atoms with Crippen molar-refractivity contribution in [1.29, 1.82) is 0 Å². The fourth-order valence-corrected chi connectivity index (χ4v) is 4.36. The number of carbonyl (C=O) groups excluding carboxylic acids is 1. The van der Waals surface area contributed by atoms with Gasteiger partial charge in [0.15, 0.2) is 11.5 Å². The van der Waals surface area contributed by atoms with Crippen molar-refractivity contribution in [3.8, 4) is 0 Å². The van der Waals surface area contributed by atoms with Crippen LogP contribution in [0.15, 0.2) is 16.5 Å². The van der Waals surface area contributed by atoms with E-state index in [-0.39, 0.29) is 23.2 Å². The first kappa shape index (κ1) is 13.8. The number of Topliss-reactive ketones (excluding diaryl/α,β-unsaturated/α-hetero) is 1. The lowest BCUT2D eigenvalue weighted by molar-refractivity contribution is -0.146. The molecule has 2 unspecified atom stereocenters. The van der Waals surface area contributed by atoms with Gasteiger partial charge in [-0.1, -0.05) is 19.0 Å². The molecule has 0 aromatic rings. The zero-order valence-corrected chi connectivity index (χ0v) is 12.9. The van der Waals surface area contributed by atoms with Gasteiger partial charge in [0.1, 0.15) is 5.41 Å². The standard InChI is InChI=1S/C16H23NO3/c1-9(2)14-16-12(17-20-14)8-11(19-5)10(13(16)18)6-7-15(16,3)4/h10-11H,6-8H2,1-5H3/t10?,11-,16?/m1/s1. The molecular formula is C16H23NO3. The van der Waals surface area contributed by atoms with Crippen molar-refractivity contribution in [2.75, 3.05) is 7.11 Å². The summed E-state index contributed by atoms with van der Waals surface area (Å²) < 4.78 is 5.54. The molecule has 3 aliphatic rings. The molecule has 2 aliphatic carbocycles. The Hall–Kier alpha value is -1.16. The third-order valence-corrected chi connectivity index (χ3v) is 5.42. The molecule has 2 bridgehead atoms. The van der Waals surface area contributed by atoms with E-state index in [0.29, 0.717) is 6.42 Å². The molecule has 0 aromatic heterocycles. The van der Waals surface area contributed by atoms with Gasteiger partial charge in [0.25, 0.3) is 0 Å². The number of fused-ring (bicyclic) bond motifs is 1. The van der Waals surface area contributed by atoms with Crippen LogP contribution in [0.4, 0.5) is 0 Å². The van der Waals surface area contributed by atoms with E-state index in [4.69, 9.17) is 9.57 Å². The predicted octanol–water partition coefficient (Wildman–Crippen LogP) is 3.08. The van der Waals surface area contributed by atoms with Gasteiger partial charge in [-0.25, -0.2) is 0 Å². The van der Waals surface area contributed by atoms with E-state index in [2.05, 4.69) is 19.0 Å². The second-order valence-electron chi connectivity index (χ2n) is 7.08. The maximum atomic E-state index is 13.2. The predicted molar refractivity (Wildman–Crippen MR) is 76.3 cm³/mol. The molecule has 1 heterocycles. The fraction of sp³-hybridized carbons (Fsp3) is 0.750. The zero-order valence-electron chi connectivity index (χ0n) is 12.9. The van der Waals surface area contributed by atoms with Crippen LogP contribution in [0, 0.1) is 16.7 Å². The number of hydrogen-bond acceptors (Lipinski definition) is 4. The van der Waals surface area contributed by atoms with Gasteiger partial charge >= 0.3 is 0 Å². The molecule has 3 atom stereocenters. The highest BCUT2D eigenvalue weighted by Crippen LogP contribution is 2.61. The quantitative estimate of drug-likeness (QED) is 0.740. The summed E-state index contributed by atoms with van der Waals surface area (Å²) in [7, 11) is 1.68. The maximum absolute atomic E-state index is 13.2. The summed E-state index contributed by atoms with van der Waals surface area (Å²) in [5, 5.41) is 4.27. The molecule has 2 fully saturated rings. The number of ketones is 1. The van der Waals surface area contributed by atoms with Crippen molar-refractivity contribution in [3.05, 3.63) is 11.3 Å². The van der Waals surface area contributed by atoms with Gasteiger partial charge in [0.2, 0.25) is 0 Å². The first-order valence-corrected chi connectivity index (χ1v) is 7.35. The monoisotopic (exact) mass is 277 g/mol. The number of rotatable bonds is 1. The lowest BCUT2D eigenvalue weighted by Gasteiger charge is -2.53. The summed E-state index contributed by atoms with van der Waals surface area (Å²) in [4.78, 5) is 18.9. The minimum Gasteiger partial charge on any atom is -0.380 e. The molecular weight excluding hydrogens is 254 g/mol. The smallest absolute Gasteiger partial charge is 0.158 e. The molecule has 0 amide bonds. The van der Waals surface area contributed by atoms with E-state index < -0.39 is 5.41 Å². The SMILES string of the molecule is CO[C@@H]1CC2=NOC(=C(C)C)C23C(=O)C1CCC3(C)C. The van der Waals surface area contributed by atoms with Crippen LogP contribution < -0.4 is 0 Å². The van der Waals surface area contributed by atoms with Crippen molar-refractivity contribution >= 4 is 11.5 Å². The molecule has 0 saturated heterocycles. The average molecular weight is 277 g/mol. The van der Waals surface area contributed by atoms with Crippen LogP contribution in [-0.4, -0.2) is 24.7 Å². The van der Waals surface area contributed by atoms with E-state index in [1.54, 1.807) is 7.11 Å². The molecule has 1 spiro atoms. The van der Waals surface area contributed by atoms with E-state index in [1.165, 1.54) is 0 Å². The molecule has 4 heteroatoms. The van der Waals surface area contributed by atoms with E-state index in [9.17, 15) is 4.79 Å². The van der Waals surface area contributed by atoms with Crippen molar-refractivity contribution < 1.29 is 14.4 Å². The number of ether oxygens (including phenoxy) is 1. The number of nitrogens with zero attached hydrogens (tertiary/aromatic N) is 1. The second-order valence-corrected chi connectivity index (χ2v) is 7.08. The minimum atomic E-state index is -0.649. The van der Waals surface area contributed by atoms with E-state index >= 15 is 0 Å². The highest BCUT2D eigenvalue weighted by atomic mass is 16.6.